The van der Waals surface area contributed by atoms with Crippen molar-refractivity contribution in [2.24, 2.45) is 0 Å². The number of nitrogens with zero attached hydrogens (tertiary/aromatic N) is 2. The van der Waals surface area contributed by atoms with Crippen LogP contribution in [0.2, 0.25) is 5.02 Å². The van der Waals surface area contributed by atoms with Gasteiger partial charge < -0.3 is 10.1 Å². The van der Waals surface area contributed by atoms with Crippen LogP contribution in [0, 0.1) is 0 Å². The number of methoxy groups -OCH3 is 1. The number of rotatable bonds is 4. The Hall–Kier alpha value is -2.84. The zero-order valence-corrected chi connectivity index (χ0v) is 16.4. The van der Waals surface area contributed by atoms with Crippen molar-refractivity contribution in [1.29, 1.82) is 0 Å². The lowest BCUT2D eigenvalue weighted by molar-refractivity contribution is 0.102. The van der Waals surface area contributed by atoms with E-state index >= 15 is 0 Å². The van der Waals surface area contributed by atoms with Crippen LogP contribution in [0.15, 0.2) is 48.5 Å². The molecule has 9 heteroatoms. The van der Waals surface area contributed by atoms with Gasteiger partial charge in [0.05, 0.1) is 35.6 Å². The summed E-state index contributed by atoms with van der Waals surface area (Å²) in [7, 11) is -1.80. The van der Waals surface area contributed by atoms with Crippen LogP contribution >= 0.6 is 11.6 Å². The standard InChI is InChI=1S/C19H16ClN3O4S/c1-27-17-8-3-2-7-14(17)19(24)21-18-15-10-28(25,26)11-16(15)22-23(18)13-6-4-5-12(20)9-13/h2-9H,10-11H2,1H3,(H,21,24). The van der Waals surface area contributed by atoms with E-state index in [2.05, 4.69) is 10.4 Å². The summed E-state index contributed by atoms with van der Waals surface area (Å²) in [6.07, 6.45) is 0. The number of hydrogen-bond donors (Lipinski definition) is 1. The quantitative estimate of drug-likeness (QED) is 0.703. The van der Waals surface area contributed by atoms with Gasteiger partial charge >= 0.3 is 0 Å². The molecule has 1 amide bonds. The summed E-state index contributed by atoms with van der Waals surface area (Å²) in [6.45, 7) is 0. The largest absolute Gasteiger partial charge is 0.496 e. The summed E-state index contributed by atoms with van der Waals surface area (Å²) in [4.78, 5) is 12.9. The first-order valence-corrected chi connectivity index (χ1v) is 10.6. The van der Waals surface area contributed by atoms with E-state index in [1.165, 1.54) is 11.8 Å². The van der Waals surface area contributed by atoms with E-state index in [-0.39, 0.29) is 11.5 Å². The number of hydrogen-bond acceptors (Lipinski definition) is 5. The lowest BCUT2D eigenvalue weighted by atomic mass is 10.2. The minimum Gasteiger partial charge on any atom is -0.496 e. The molecular weight excluding hydrogens is 402 g/mol. The molecule has 28 heavy (non-hydrogen) atoms. The highest BCUT2D eigenvalue weighted by Crippen LogP contribution is 2.34. The highest BCUT2D eigenvalue weighted by atomic mass is 35.5. The molecule has 0 fully saturated rings. The van der Waals surface area contributed by atoms with Gasteiger partial charge in [-0.25, -0.2) is 13.1 Å². The Balaban J connectivity index is 1.80. The van der Waals surface area contributed by atoms with E-state index < -0.39 is 15.7 Å². The van der Waals surface area contributed by atoms with E-state index in [1.807, 2.05) is 0 Å². The van der Waals surface area contributed by atoms with Gasteiger partial charge in [0, 0.05) is 10.6 Å². The molecule has 1 aliphatic rings. The van der Waals surface area contributed by atoms with E-state index in [0.717, 1.165) is 0 Å². The number of para-hydroxylation sites is 1. The van der Waals surface area contributed by atoms with E-state index in [9.17, 15) is 13.2 Å². The van der Waals surface area contributed by atoms with Gasteiger partial charge in [-0.1, -0.05) is 29.8 Å². The second-order valence-corrected chi connectivity index (χ2v) is 8.85. The normalized spacial score (nSPS) is 14.5. The number of halogens is 1. The minimum absolute atomic E-state index is 0.159. The fraction of sp³-hybridized carbons (Fsp3) is 0.158. The first-order chi connectivity index (χ1) is 13.4. The van der Waals surface area contributed by atoms with Gasteiger partial charge in [-0.05, 0) is 30.3 Å². The van der Waals surface area contributed by atoms with Crippen LogP contribution in [0.1, 0.15) is 21.6 Å². The van der Waals surface area contributed by atoms with Crippen LogP contribution in [0.25, 0.3) is 5.69 Å². The predicted molar refractivity (Wildman–Crippen MR) is 106 cm³/mol. The molecule has 0 radical (unpaired) electrons. The summed E-state index contributed by atoms with van der Waals surface area (Å²) in [5.74, 6) is -0.0298. The Morgan fingerprint density at radius 3 is 2.71 bits per heavy atom. The number of carbonyl (C=O) groups excluding carboxylic acids is 1. The maximum absolute atomic E-state index is 12.9. The topological polar surface area (TPSA) is 90.3 Å². The number of benzene rings is 2. The number of anilines is 1. The van der Waals surface area contributed by atoms with Gasteiger partial charge in [-0.3, -0.25) is 4.79 Å². The first kappa shape index (κ1) is 18.5. The van der Waals surface area contributed by atoms with Crippen molar-refractivity contribution in [3.63, 3.8) is 0 Å². The zero-order valence-electron chi connectivity index (χ0n) is 14.8. The number of nitrogens with one attached hydrogen (secondary N) is 1. The van der Waals surface area contributed by atoms with E-state index in [0.29, 0.717) is 39.1 Å². The number of sulfone groups is 1. The van der Waals surface area contributed by atoms with Gasteiger partial charge in [-0.2, -0.15) is 5.10 Å². The number of aromatic nitrogens is 2. The van der Waals surface area contributed by atoms with Crippen LogP contribution in [0.4, 0.5) is 5.82 Å². The predicted octanol–water partition coefficient (Wildman–Crippen LogP) is 3.22. The van der Waals surface area contributed by atoms with Crippen LogP contribution in [0.5, 0.6) is 5.75 Å². The minimum atomic E-state index is -3.28. The maximum Gasteiger partial charge on any atom is 0.260 e. The molecule has 0 atom stereocenters. The van der Waals surface area contributed by atoms with Crippen LogP contribution in [-0.4, -0.2) is 31.2 Å². The van der Waals surface area contributed by atoms with Crippen LogP contribution in [0.3, 0.4) is 0 Å². The molecule has 0 spiro atoms. The molecule has 2 aromatic carbocycles. The molecule has 4 rings (SSSR count). The van der Waals surface area contributed by atoms with Gasteiger partial charge in [0.25, 0.3) is 5.91 Å². The molecule has 3 aromatic rings. The van der Waals surface area contributed by atoms with Crippen molar-refractivity contribution in [3.05, 3.63) is 70.4 Å². The zero-order chi connectivity index (χ0) is 19.9. The molecular formula is C19H16ClN3O4S. The summed E-state index contributed by atoms with van der Waals surface area (Å²) >= 11 is 6.09. The van der Waals surface area contributed by atoms with E-state index in [4.69, 9.17) is 16.3 Å². The highest BCUT2D eigenvalue weighted by Gasteiger charge is 2.33. The third-order valence-corrected chi connectivity index (χ3v) is 6.10. The number of amides is 1. The molecule has 0 saturated heterocycles. The summed E-state index contributed by atoms with van der Waals surface area (Å²) < 4.78 is 30.9. The monoisotopic (exact) mass is 417 g/mol. The fourth-order valence-corrected chi connectivity index (χ4v) is 4.85. The lowest BCUT2D eigenvalue weighted by Crippen LogP contribution is -2.17. The molecule has 144 valence electrons. The molecule has 1 N–H and O–H groups in total. The SMILES string of the molecule is COc1ccccc1C(=O)Nc1c2c(nn1-c1cccc(Cl)c1)CS(=O)(=O)C2. The number of ether oxygens (including phenoxy) is 1. The molecule has 0 bridgehead atoms. The van der Waals surface area contributed by atoms with Crippen LogP contribution in [-0.2, 0) is 21.3 Å². The Morgan fingerprint density at radius 1 is 1.18 bits per heavy atom. The molecule has 0 saturated carbocycles. The first-order valence-electron chi connectivity index (χ1n) is 8.39. The van der Waals surface area contributed by atoms with Gasteiger partial charge in [0.1, 0.15) is 11.6 Å². The Labute approximate surface area is 166 Å². The Bertz CT molecular complexity index is 1190. The van der Waals surface area contributed by atoms with Crippen molar-refractivity contribution < 1.29 is 17.9 Å². The molecule has 2 heterocycles. The summed E-state index contributed by atoms with van der Waals surface area (Å²) in [6, 6.07) is 13.7. The fourth-order valence-electron chi connectivity index (χ4n) is 3.17. The number of fused-ring (bicyclic) bond motifs is 1. The van der Waals surface area contributed by atoms with Crippen molar-refractivity contribution in [2.75, 3.05) is 12.4 Å². The third-order valence-electron chi connectivity index (χ3n) is 4.42. The smallest absolute Gasteiger partial charge is 0.260 e. The van der Waals surface area contributed by atoms with Crippen molar-refractivity contribution >= 4 is 33.2 Å². The van der Waals surface area contributed by atoms with Gasteiger partial charge in [0.15, 0.2) is 9.84 Å². The molecule has 0 unspecified atom stereocenters. The average Bonchev–Trinajstić information content (AvgIpc) is 3.14. The molecule has 7 nitrogen and oxygen atoms in total. The second-order valence-electron chi connectivity index (χ2n) is 6.35. The molecule has 0 aliphatic carbocycles. The number of carbonyl (C=O) groups is 1. The highest BCUT2D eigenvalue weighted by molar-refractivity contribution is 7.90. The maximum atomic E-state index is 12.9. The summed E-state index contributed by atoms with van der Waals surface area (Å²) in [5, 5.41) is 7.73. The van der Waals surface area contributed by atoms with Crippen molar-refractivity contribution in [1.82, 2.24) is 9.78 Å². The summed E-state index contributed by atoms with van der Waals surface area (Å²) in [5.41, 5.74) is 1.87. The molecule has 1 aliphatic heterocycles. The van der Waals surface area contributed by atoms with Crippen LogP contribution < -0.4 is 10.1 Å². The molecule has 1 aromatic heterocycles. The van der Waals surface area contributed by atoms with Gasteiger partial charge in [0.2, 0.25) is 0 Å². The van der Waals surface area contributed by atoms with Gasteiger partial charge in [-0.15, -0.1) is 0 Å². The van der Waals surface area contributed by atoms with Crippen molar-refractivity contribution in [3.8, 4) is 11.4 Å². The Morgan fingerprint density at radius 2 is 1.96 bits per heavy atom. The van der Waals surface area contributed by atoms with E-state index in [1.54, 1.807) is 48.5 Å². The van der Waals surface area contributed by atoms with Crippen molar-refractivity contribution in [2.45, 2.75) is 11.5 Å². The second kappa shape index (κ2) is 6.96. The Kier molecular flexibility index (Phi) is 4.60. The average molecular weight is 418 g/mol. The third kappa shape index (κ3) is 3.36. The lowest BCUT2D eigenvalue weighted by Gasteiger charge is -2.13.